The monoisotopic (exact) mass is 325 g/mol. The normalized spacial score (nSPS) is 11.7. The van der Waals surface area contributed by atoms with Crippen LogP contribution in [0.25, 0.3) is 0 Å². The average Bonchev–Trinajstić information content (AvgIpc) is 2.56. The van der Waals surface area contributed by atoms with Gasteiger partial charge in [0.05, 0.1) is 6.42 Å². The Morgan fingerprint density at radius 2 is 1.71 bits per heavy atom. The molecule has 4 nitrogen and oxygen atoms in total. The topological polar surface area (TPSA) is 66.4 Å². The van der Waals surface area contributed by atoms with Gasteiger partial charge in [-0.3, -0.25) is 9.59 Å². The lowest BCUT2D eigenvalue weighted by Gasteiger charge is -2.18. The molecule has 0 fully saturated rings. The molecule has 1 amide bonds. The van der Waals surface area contributed by atoms with Crippen molar-refractivity contribution >= 4 is 11.9 Å². The number of hydrogen-bond donors (Lipinski definition) is 2. The van der Waals surface area contributed by atoms with Gasteiger partial charge in [0.25, 0.3) is 0 Å². The number of carbonyl (C=O) groups excluding carboxylic acids is 1. The first-order valence-corrected chi connectivity index (χ1v) is 8.14. The Morgan fingerprint density at radius 1 is 1.04 bits per heavy atom. The molecule has 0 bridgehead atoms. The molecule has 2 N–H and O–H groups in total. The fraction of sp³-hybridized carbons (Fsp3) is 0.300. The molecule has 0 aliphatic rings. The van der Waals surface area contributed by atoms with E-state index in [-0.39, 0.29) is 18.4 Å². The molecule has 0 aromatic heterocycles. The van der Waals surface area contributed by atoms with Gasteiger partial charge < -0.3 is 10.4 Å². The van der Waals surface area contributed by atoms with Crippen molar-refractivity contribution in [2.75, 3.05) is 0 Å². The summed E-state index contributed by atoms with van der Waals surface area (Å²) in [4.78, 5) is 23.2. The molecular formula is C20H23NO3. The smallest absolute Gasteiger partial charge is 0.303 e. The third kappa shape index (κ3) is 5.88. The minimum absolute atomic E-state index is 0.0438. The molecule has 24 heavy (non-hydrogen) atoms. The first-order valence-electron chi connectivity index (χ1n) is 8.14. The Labute approximate surface area is 142 Å². The summed E-state index contributed by atoms with van der Waals surface area (Å²) in [6.45, 7) is 1.98. The van der Waals surface area contributed by atoms with Gasteiger partial charge >= 0.3 is 5.97 Å². The van der Waals surface area contributed by atoms with Crippen LogP contribution < -0.4 is 5.32 Å². The molecule has 0 aliphatic carbocycles. The number of amides is 1. The SMILES string of the molecule is Cc1ccccc1CC(=O)NC(CCC(=O)O)Cc1ccccc1. The van der Waals surface area contributed by atoms with Crippen LogP contribution in [0.4, 0.5) is 0 Å². The van der Waals surface area contributed by atoms with E-state index in [0.29, 0.717) is 19.3 Å². The fourth-order valence-electron chi connectivity index (χ4n) is 2.68. The number of aliphatic carboxylic acids is 1. The van der Waals surface area contributed by atoms with E-state index >= 15 is 0 Å². The Morgan fingerprint density at radius 3 is 2.38 bits per heavy atom. The van der Waals surface area contributed by atoms with Crippen LogP contribution in [0.3, 0.4) is 0 Å². The minimum atomic E-state index is -0.846. The lowest BCUT2D eigenvalue weighted by Crippen LogP contribution is -2.37. The summed E-state index contributed by atoms with van der Waals surface area (Å²) in [5.74, 6) is -0.920. The van der Waals surface area contributed by atoms with Crippen molar-refractivity contribution in [3.05, 3.63) is 71.3 Å². The van der Waals surface area contributed by atoms with Crippen LogP contribution in [0.5, 0.6) is 0 Å². The highest BCUT2D eigenvalue weighted by molar-refractivity contribution is 5.79. The molecule has 4 heteroatoms. The van der Waals surface area contributed by atoms with Crippen molar-refractivity contribution in [1.29, 1.82) is 0 Å². The zero-order valence-corrected chi connectivity index (χ0v) is 13.9. The van der Waals surface area contributed by atoms with E-state index in [0.717, 1.165) is 16.7 Å². The van der Waals surface area contributed by atoms with Gasteiger partial charge in [0.2, 0.25) is 5.91 Å². The maximum Gasteiger partial charge on any atom is 0.303 e. The van der Waals surface area contributed by atoms with Crippen molar-refractivity contribution in [3.63, 3.8) is 0 Å². The van der Waals surface area contributed by atoms with Gasteiger partial charge in [0.1, 0.15) is 0 Å². The van der Waals surface area contributed by atoms with E-state index in [1.165, 1.54) is 0 Å². The second kappa shape index (κ2) is 8.87. The van der Waals surface area contributed by atoms with Crippen LogP contribution in [0.2, 0.25) is 0 Å². The highest BCUT2D eigenvalue weighted by atomic mass is 16.4. The van der Waals surface area contributed by atoms with E-state index in [2.05, 4.69) is 5.32 Å². The number of carboxylic acid groups (broad SMARTS) is 1. The van der Waals surface area contributed by atoms with Gasteiger partial charge in [-0.1, -0.05) is 54.6 Å². The molecule has 0 spiro atoms. The first-order chi connectivity index (χ1) is 11.5. The van der Waals surface area contributed by atoms with Crippen molar-refractivity contribution in [1.82, 2.24) is 5.32 Å². The van der Waals surface area contributed by atoms with Crippen LogP contribution >= 0.6 is 0 Å². The zero-order chi connectivity index (χ0) is 17.4. The number of hydrogen-bond acceptors (Lipinski definition) is 2. The Balaban J connectivity index is 1.99. The summed E-state index contributed by atoms with van der Waals surface area (Å²) < 4.78 is 0. The van der Waals surface area contributed by atoms with E-state index in [4.69, 9.17) is 5.11 Å². The molecule has 1 atom stereocenters. The number of benzene rings is 2. The molecule has 0 saturated carbocycles. The van der Waals surface area contributed by atoms with Crippen molar-refractivity contribution in [2.45, 2.75) is 38.6 Å². The van der Waals surface area contributed by atoms with Crippen molar-refractivity contribution in [2.24, 2.45) is 0 Å². The van der Waals surface area contributed by atoms with E-state index in [9.17, 15) is 9.59 Å². The maximum absolute atomic E-state index is 12.4. The van der Waals surface area contributed by atoms with E-state index in [1.54, 1.807) is 0 Å². The second-order valence-electron chi connectivity index (χ2n) is 5.99. The number of nitrogens with one attached hydrogen (secondary N) is 1. The van der Waals surface area contributed by atoms with Gasteiger partial charge in [-0.2, -0.15) is 0 Å². The van der Waals surface area contributed by atoms with Gasteiger partial charge in [0.15, 0.2) is 0 Å². The summed E-state index contributed by atoms with van der Waals surface area (Å²) in [6.07, 6.45) is 1.41. The predicted octanol–water partition coefficient (Wildman–Crippen LogP) is 3.13. The van der Waals surface area contributed by atoms with E-state index < -0.39 is 5.97 Å². The number of rotatable bonds is 8. The fourth-order valence-corrected chi connectivity index (χ4v) is 2.68. The van der Waals surface area contributed by atoms with Crippen LogP contribution in [0.15, 0.2) is 54.6 Å². The zero-order valence-electron chi connectivity index (χ0n) is 13.9. The van der Waals surface area contributed by atoms with Crippen LogP contribution in [0.1, 0.15) is 29.5 Å². The largest absolute Gasteiger partial charge is 0.481 e. The molecule has 126 valence electrons. The average molecular weight is 325 g/mol. The Hall–Kier alpha value is -2.62. The van der Waals surface area contributed by atoms with Crippen molar-refractivity contribution < 1.29 is 14.7 Å². The molecular weight excluding hydrogens is 302 g/mol. The van der Waals surface area contributed by atoms with Gasteiger partial charge in [0, 0.05) is 12.5 Å². The lowest BCUT2D eigenvalue weighted by atomic mass is 10.0. The predicted molar refractivity (Wildman–Crippen MR) is 93.8 cm³/mol. The third-order valence-electron chi connectivity index (χ3n) is 4.01. The molecule has 2 aromatic rings. The van der Waals surface area contributed by atoms with Gasteiger partial charge in [-0.15, -0.1) is 0 Å². The number of carboxylic acids is 1. The summed E-state index contributed by atoms with van der Waals surface area (Å²) in [7, 11) is 0. The Bertz CT molecular complexity index is 682. The molecule has 0 aliphatic heterocycles. The summed E-state index contributed by atoms with van der Waals surface area (Å²) in [5, 5.41) is 11.9. The molecule has 0 saturated heterocycles. The third-order valence-corrected chi connectivity index (χ3v) is 4.01. The van der Waals surface area contributed by atoms with Crippen LogP contribution in [-0.2, 0) is 22.4 Å². The Kier molecular flexibility index (Phi) is 6.55. The standard InChI is InChI=1S/C20H23NO3/c1-15-7-5-6-10-17(15)14-19(22)21-18(11-12-20(23)24)13-16-8-3-2-4-9-16/h2-10,18H,11-14H2,1H3,(H,21,22)(H,23,24). The lowest BCUT2D eigenvalue weighted by molar-refractivity contribution is -0.137. The number of aryl methyl sites for hydroxylation is 1. The number of carbonyl (C=O) groups is 2. The maximum atomic E-state index is 12.4. The van der Waals surface area contributed by atoms with Gasteiger partial charge in [-0.25, -0.2) is 0 Å². The van der Waals surface area contributed by atoms with Crippen molar-refractivity contribution in [3.8, 4) is 0 Å². The van der Waals surface area contributed by atoms with Crippen LogP contribution in [0, 0.1) is 6.92 Å². The van der Waals surface area contributed by atoms with Gasteiger partial charge in [-0.05, 0) is 36.5 Å². The second-order valence-corrected chi connectivity index (χ2v) is 5.99. The summed E-state index contributed by atoms with van der Waals surface area (Å²) in [6, 6.07) is 17.4. The molecule has 1 unspecified atom stereocenters. The highest BCUT2D eigenvalue weighted by Crippen LogP contribution is 2.11. The van der Waals surface area contributed by atoms with Crippen LogP contribution in [-0.4, -0.2) is 23.0 Å². The van der Waals surface area contributed by atoms with E-state index in [1.807, 2.05) is 61.5 Å². The molecule has 0 radical (unpaired) electrons. The quantitative estimate of drug-likeness (QED) is 0.783. The molecule has 2 aromatic carbocycles. The summed E-state index contributed by atoms with van der Waals surface area (Å²) >= 11 is 0. The highest BCUT2D eigenvalue weighted by Gasteiger charge is 2.15. The minimum Gasteiger partial charge on any atom is -0.481 e. The first kappa shape index (κ1) is 17.7. The molecule has 2 rings (SSSR count). The summed E-state index contributed by atoms with van der Waals surface area (Å²) in [5.41, 5.74) is 3.16. The molecule has 0 heterocycles.